The van der Waals surface area contributed by atoms with Crippen LogP contribution in [0, 0.1) is 0 Å². The number of nitrogens with zero attached hydrogens (tertiary/aromatic N) is 1. The molecule has 0 radical (unpaired) electrons. The second kappa shape index (κ2) is 5.22. The Balaban J connectivity index is 1.92. The van der Waals surface area contributed by atoms with Crippen LogP contribution in [0.2, 0.25) is 0 Å². The number of nitrogens with one attached hydrogen (secondary N) is 1. The Morgan fingerprint density at radius 3 is 2.90 bits per heavy atom. The van der Waals surface area contributed by atoms with E-state index in [1.807, 2.05) is 24.3 Å². The highest BCUT2D eigenvalue weighted by Gasteiger charge is 2.06. The summed E-state index contributed by atoms with van der Waals surface area (Å²) in [5, 5.41) is 3.97. The predicted octanol–water partition coefficient (Wildman–Crippen LogP) is 3.90. The van der Waals surface area contributed by atoms with Crippen LogP contribution in [-0.2, 0) is 0 Å². The number of carbonyl (C=O) groups excluding carboxylic acids is 1. The van der Waals surface area contributed by atoms with Crippen molar-refractivity contribution in [3.63, 3.8) is 0 Å². The maximum absolute atomic E-state index is 11.2. The van der Waals surface area contributed by atoms with Crippen molar-refractivity contribution in [3.8, 4) is 0 Å². The average Bonchev–Trinajstić information content (AvgIpc) is 2.80. The lowest BCUT2D eigenvalue weighted by atomic mass is 10.2. The molecule has 20 heavy (non-hydrogen) atoms. The number of rotatable bonds is 3. The van der Waals surface area contributed by atoms with Gasteiger partial charge in [-0.1, -0.05) is 33.3 Å². The number of primary amides is 1. The van der Waals surface area contributed by atoms with Crippen molar-refractivity contribution in [1.29, 1.82) is 0 Å². The first-order valence-corrected chi connectivity index (χ1v) is 7.46. The lowest BCUT2D eigenvalue weighted by molar-refractivity contribution is 0.100. The van der Waals surface area contributed by atoms with E-state index in [-0.39, 0.29) is 0 Å². The lowest BCUT2D eigenvalue weighted by Crippen LogP contribution is -2.10. The summed E-state index contributed by atoms with van der Waals surface area (Å²) >= 11 is 4.98. The molecular weight excluding hydrogens is 338 g/mol. The summed E-state index contributed by atoms with van der Waals surface area (Å²) in [6.07, 6.45) is 0. The number of anilines is 2. The van der Waals surface area contributed by atoms with E-state index >= 15 is 0 Å². The first kappa shape index (κ1) is 13.1. The van der Waals surface area contributed by atoms with Crippen LogP contribution in [0.5, 0.6) is 0 Å². The Kier molecular flexibility index (Phi) is 3.42. The molecule has 0 aliphatic heterocycles. The number of amides is 1. The molecule has 100 valence electrons. The average molecular weight is 348 g/mol. The molecule has 0 aliphatic rings. The fourth-order valence-corrected chi connectivity index (χ4v) is 3.04. The molecule has 4 nitrogen and oxygen atoms in total. The zero-order valence-electron chi connectivity index (χ0n) is 10.3. The summed E-state index contributed by atoms with van der Waals surface area (Å²) < 4.78 is 2.10. The van der Waals surface area contributed by atoms with Gasteiger partial charge in [0.1, 0.15) is 0 Å². The van der Waals surface area contributed by atoms with Crippen LogP contribution in [0.4, 0.5) is 10.8 Å². The number of carbonyl (C=O) groups is 1. The molecule has 2 aromatic carbocycles. The van der Waals surface area contributed by atoms with Gasteiger partial charge in [-0.15, -0.1) is 0 Å². The van der Waals surface area contributed by atoms with Crippen molar-refractivity contribution in [2.24, 2.45) is 5.73 Å². The van der Waals surface area contributed by atoms with Crippen molar-refractivity contribution in [1.82, 2.24) is 4.98 Å². The van der Waals surface area contributed by atoms with Crippen LogP contribution < -0.4 is 11.1 Å². The van der Waals surface area contributed by atoms with Gasteiger partial charge in [0.15, 0.2) is 5.13 Å². The second-order valence-electron chi connectivity index (χ2n) is 4.20. The van der Waals surface area contributed by atoms with E-state index in [1.54, 1.807) is 29.5 Å². The zero-order chi connectivity index (χ0) is 14.1. The molecule has 0 fully saturated rings. The smallest absolute Gasteiger partial charge is 0.248 e. The molecule has 1 heterocycles. The minimum absolute atomic E-state index is 0.443. The Labute approximate surface area is 127 Å². The summed E-state index contributed by atoms with van der Waals surface area (Å²) in [5.41, 5.74) is 7.46. The summed E-state index contributed by atoms with van der Waals surface area (Å²) in [5.74, 6) is -0.443. The quantitative estimate of drug-likeness (QED) is 0.754. The van der Waals surface area contributed by atoms with E-state index in [4.69, 9.17) is 5.73 Å². The van der Waals surface area contributed by atoms with Gasteiger partial charge in [-0.05, 0) is 36.4 Å². The van der Waals surface area contributed by atoms with Gasteiger partial charge < -0.3 is 11.1 Å². The molecule has 0 spiro atoms. The molecule has 3 rings (SSSR count). The molecule has 6 heteroatoms. The van der Waals surface area contributed by atoms with Gasteiger partial charge in [0.2, 0.25) is 5.91 Å². The van der Waals surface area contributed by atoms with Crippen LogP contribution in [0.3, 0.4) is 0 Å². The van der Waals surface area contributed by atoms with E-state index in [0.29, 0.717) is 5.56 Å². The standard InChI is InChI=1S/C14H10BrN3OS/c15-9-4-5-12-11(7-9)18-14(20-12)17-10-3-1-2-8(6-10)13(16)19/h1-7H,(H2,16,19)(H,17,18). The first-order chi connectivity index (χ1) is 9.61. The van der Waals surface area contributed by atoms with E-state index in [0.717, 1.165) is 25.5 Å². The zero-order valence-corrected chi connectivity index (χ0v) is 12.7. The number of nitrogens with two attached hydrogens (primary N) is 1. The minimum atomic E-state index is -0.443. The molecule has 1 aromatic heterocycles. The van der Waals surface area contributed by atoms with Gasteiger partial charge in [0.05, 0.1) is 10.2 Å². The Bertz CT molecular complexity index is 800. The fourth-order valence-electron chi connectivity index (χ4n) is 1.83. The van der Waals surface area contributed by atoms with Crippen molar-refractivity contribution in [3.05, 3.63) is 52.5 Å². The number of halogens is 1. The Hall–Kier alpha value is -1.92. The largest absolute Gasteiger partial charge is 0.366 e. The molecule has 3 N–H and O–H groups in total. The lowest BCUT2D eigenvalue weighted by Gasteiger charge is -2.03. The van der Waals surface area contributed by atoms with E-state index < -0.39 is 5.91 Å². The fraction of sp³-hybridized carbons (Fsp3) is 0. The number of fused-ring (bicyclic) bond motifs is 1. The second-order valence-corrected chi connectivity index (χ2v) is 6.15. The summed E-state index contributed by atoms with van der Waals surface area (Å²) in [7, 11) is 0. The highest BCUT2D eigenvalue weighted by Crippen LogP contribution is 2.30. The Morgan fingerprint density at radius 2 is 2.10 bits per heavy atom. The maximum atomic E-state index is 11.2. The third kappa shape index (κ3) is 2.66. The highest BCUT2D eigenvalue weighted by molar-refractivity contribution is 9.10. The normalized spacial score (nSPS) is 10.7. The molecule has 0 atom stereocenters. The van der Waals surface area contributed by atoms with Gasteiger partial charge in [-0.3, -0.25) is 4.79 Å². The van der Waals surface area contributed by atoms with E-state index in [1.165, 1.54) is 0 Å². The maximum Gasteiger partial charge on any atom is 0.248 e. The SMILES string of the molecule is NC(=O)c1cccc(Nc2nc3cc(Br)ccc3s2)c1. The molecule has 0 saturated heterocycles. The van der Waals surface area contributed by atoms with Crippen LogP contribution in [0.15, 0.2) is 46.9 Å². The molecule has 1 amide bonds. The topological polar surface area (TPSA) is 68.0 Å². The number of benzene rings is 2. The van der Waals surface area contributed by atoms with Crippen molar-refractivity contribution < 1.29 is 4.79 Å². The molecular formula is C14H10BrN3OS. The number of hydrogen-bond donors (Lipinski definition) is 2. The first-order valence-electron chi connectivity index (χ1n) is 5.85. The highest BCUT2D eigenvalue weighted by atomic mass is 79.9. The molecule has 0 aliphatic carbocycles. The summed E-state index contributed by atoms with van der Waals surface area (Å²) in [4.78, 5) is 15.7. The number of thiazole rings is 1. The summed E-state index contributed by atoms with van der Waals surface area (Å²) in [6, 6.07) is 13.0. The van der Waals surface area contributed by atoms with Crippen LogP contribution in [0.25, 0.3) is 10.2 Å². The van der Waals surface area contributed by atoms with Crippen LogP contribution in [0.1, 0.15) is 10.4 Å². The molecule has 0 unspecified atom stereocenters. The third-order valence-electron chi connectivity index (χ3n) is 2.75. The number of aromatic nitrogens is 1. The van der Waals surface area contributed by atoms with Gasteiger partial charge in [-0.25, -0.2) is 4.98 Å². The van der Waals surface area contributed by atoms with Crippen molar-refractivity contribution in [2.75, 3.05) is 5.32 Å². The van der Waals surface area contributed by atoms with Gasteiger partial charge in [0, 0.05) is 15.7 Å². The van der Waals surface area contributed by atoms with Crippen molar-refractivity contribution in [2.45, 2.75) is 0 Å². The predicted molar refractivity (Wildman–Crippen MR) is 85.6 cm³/mol. The minimum Gasteiger partial charge on any atom is -0.366 e. The van der Waals surface area contributed by atoms with Crippen molar-refractivity contribution >= 4 is 54.2 Å². The summed E-state index contributed by atoms with van der Waals surface area (Å²) in [6.45, 7) is 0. The van der Waals surface area contributed by atoms with Crippen LogP contribution in [-0.4, -0.2) is 10.9 Å². The molecule has 0 bridgehead atoms. The van der Waals surface area contributed by atoms with E-state index in [9.17, 15) is 4.79 Å². The van der Waals surface area contributed by atoms with Gasteiger partial charge >= 0.3 is 0 Å². The van der Waals surface area contributed by atoms with Crippen LogP contribution >= 0.6 is 27.3 Å². The monoisotopic (exact) mass is 347 g/mol. The molecule has 0 saturated carbocycles. The van der Waals surface area contributed by atoms with Gasteiger partial charge in [-0.2, -0.15) is 0 Å². The number of hydrogen-bond acceptors (Lipinski definition) is 4. The Morgan fingerprint density at radius 1 is 1.25 bits per heavy atom. The van der Waals surface area contributed by atoms with Gasteiger partial charge in [0.25, 0.3) is 0 Å². The molecule has 3 aromatic rings. The third-order valence-corrected chi connectivity index (χ3v) is 4.19. The van der Waals surface area contributed by atoms with E-state index in [2.05, 4.69) is 26.2 Å².